The molecule has 5 nitrogen and oxygen atoms in total. The van der Waals surface area contributed by atoms with Crippen LogP contribution >= 0.6 is 0 Å². The number of fused-ring (bicyclic) bond motifs is 1. The van der Waals surface area contributed by atoms with Crippen molar-refractivity contribution in [3.05, 3.63) is 0 Å². The molecule has 0 aromatic rings. The number of sulfonamides is 1. The van der Waals surface area contributed by atoms with Gasteiger partial charge in [0.25, 0.3) is 10.0 Å². The topological polar surface area (TPSA) is 67.8 Å². The molecular formula is C14H24N2O3S. The summed E-state index contributed by atoms with van der Waals surface area (Å²) in [4.78, 5) is 0. The largest absolute Gasteiger partial charge is 0.460 e. The molecule has 2 atom stereocenters. The third-order valence-electron chi connectivity index (χ3n) is 4.68. The van der Waals surface area contributed by atoms with Crippen LogP contribution in [-0.2, 0) is 14.8 Å². The SMILES string of the molecule is O=S1(=O)N=C(NC2CCCCCC2)O[C@@H]2CCCC[C@@H]21. The normalized spacial score (nSPS) is 34.3. The molecule has 3 rings (SSSR count). The summed E-state index contributed by atoms with van der Waals surface area (Å²) in [5, 5.41) is 2.81. The standard InChI is InChI=1S/C14H24N2O3S/c17-20(18)13-10-6-5-9-12(13)19-14(16-20)15-11-7-3-1-2-4-8-11/h11-13H,1-10H2,(H,15,16)/t12-,13+/m1/s1. The van der Waals surface area contributed by atoms with Crippen LogP contribution in [0.2, 0.25) is 0 Å². The van der Waals surface area contributed by atoms with Gasteiger partial charge in [0.05, 0.1) is 0 Å². The van der Waals surface area contributed by atoms with Crippen LogP contribution in [0.15, 0.2) is 4.40 Å². The first-order chi connectivity index (χ1) is 9.65. The van der Waals surface area contributed by atoms with Crippen molar-refractivity contribution in [3.63, 3.8) is 0 Å². The van der Waals surface area contributed by atoms with Gasteiger partial charge in [0.2, 0.25) is 0 Å². The quantitative estimate of drug-likeness (QED) is 0.755. The van der Waals surface area contributed by atoms with E-state index in [2.05, 4.69) is 9.71 Å². The van der Waals surface area contributed by atoms with Crippen LogP contribution in [0.25, 0.3) is 0 Å². The summed E-state index contributed by atoms with van der Waals surface area (Å²) < 4.78 is 34.2. The average Bonchev–Trinajstić information content (AvgIpc) is 2.67. The number of nitrogens with one attached hydrogen (secondary N) is 1. The average molecular weight is 300 g/mol. The van der Waals surface area contributed by atoms with E-state index in [4.69, 9.17) is 4.74 Å². The fourth-order valence-electron chi connectivity index (χ4n) is 3.55. The Bertz CT molecular complexity index is 467. The highest BCUT2D eigenvalue weighted by Gasteiger charge is 2.41. The van der Waals surface area contributed by atoms with E-state index in [0.29, 0.717) is 12.5 Å². The van der Waals surface area contributed by atoms with Gasteiger partial charge in [0.15, 0.2) is 0 Å². The summed E-state index contributed by atoms with van der Waals surface area (Å²) in [5.41, 5.74) is 0. The molecule has 6 heteroatoms. The zero-order valence-electron chi connectivity index (χ0n) is 11.9. The van der Waals surface area contributed by atoms with Gasteiger partial charge in [-0.05, 0) is 32.1 Å². The number of ether oxygens (including phenoxy) is 1. The van der Waals surface area contributed by atoms with Crippen LogP contribution in [0.3, 0.4) is 0 Å². The Balaban J connectivity index is 1.71. The van der Waals surface area contributed by atoms with Crippen LogP contribution in [0.1, 0.15) is 64.2 Å². The van der Waals surface area contributed by atoms with Gasteiger partial charge in [-0.25, -0.2) is 8.42 Å². The molecule has 0 radical (unpaired) electrons. The predicted molar refractivity (Wildman–Crippen MR) is 78.1 cm³/mol. The first-order valence-corrected chi connectivity index (χ1v) is 9.42. The summed E-state index contributed by atoms with van der Waals surface area (Å²) in [7, 11) is -3.39. The maximum Gasteiger partial charge on any atom is 0.301 e. The maximum absolute atomic E-state index is 12.2. The zero-order chi connectivity index (χ0) is 14.0. The highest BCUT2D eigenvalue weighted by molar-refractivity contribution is 7.91. The Morgan fingerprint density at radius 3 is 2.35 bits per heavy atom. The second-order valence-electron chi connectivity index (χ2n) is 6.22. The van der Waals surface area contributed by atoms with E-state index in [0.717, 1.165) is 32.1 Å². The molecule has 0 bridgehead atoms. The smallest absolute Gasteiger partial charge is 0.301 e. The molecule has 0 amide bonds. The molecule has 0 aromatic carbocycles. The van der Waals surface area contributed by atoms with Crippen molar-refractivity contribution in [1.82, 2.24) is 5.32 Å². The highest BCUT2D eigenvalue weighted by atomic mass is 32.2. The lowest BCUT2D eigenvalue weighted by Gasteiger charge is -2.34. The Hall–Kier alpha value is -0.780. The summed E-state index contributed by atoms with van der Waals surface area (Å²) in [6.07, 6.45) is 10.4. The van der Waals surface area contributed by atoms with Gasteiger partial charge >= 0.3 is 6.02 Å². The van der Waals surface area contributed by atoms with Gasteiger partial charge in [-0.15, -0.1) is 4.40 Å². The van der Waals surface area contributed by atoms with Gasteiger partial charge in [0.1, 0.15) is 11.4 Å². The molecule has 20 heavy (non-hydrogen) atoms. The molecule has 0 saturated heterocycles. The number of hydrogen-bond donors (Lipinski definition) is 1. The molecule has 2 saturated carbocycles. The van der Waals surface area contributed by atoms with Gasteiger partial charge in [-0.3, -0.25) is 0 Å². The Morgan fingerprint density at radius 2 is 1.60 bits per heavy atom. The monoisotopic (exact) mass is 300 g/mol. The second-order valence-corrected chi connectivity index (χ2v) is 8.04. The van der Waals surface area contributed by atoms with Crippen LogP contribution in [0.5, 0.6) is 0 Å². The molecule has 3 aliphatic rings. The highest BCUT2D eigenvalue weighted by Crippen LogP contribution is 2.31. The van der Waals surface area contributed by atoms with Gasteiger partial charge < -0.3 is 10.1 Å². The fraction of sp³-hybridized carbons (Fsp3) is 0.929. The van der Waals surface area contributed by atoms with Gasteiger partial charge in [-0.1, -0.05) is 32.1 Å². The molecule has 0 aromatic heterocycles. The minimum Gasteiger partial charge on any atom is -0.460 e. The number of amidine groups is 1. The molecule has 1 aliphatic heterocycles. The summed E-state index contributed by atoms with van der Waals surface area (Å²) in [5.74, 6) is 0. The zero-order valence-corrected chi connectivity index (χ0v) is 12.7. The van der Waals surface area contributed by atoms with Crippen molar-refractivity contribution in [2.45, 2.75) is 81.6 Å². The Morgan fingerprint density at radius 1 is 0.950 bits per heavy atom. The van der Waals surface area contributed by atoms with Crippen LogP contribution < -0.4 is 5.32 Å². The number of nitrogens with zero attached hydrogens (tertiary/aromatic N) is 1. The van der Waals surface area contributed by atoms with Crippen molar-refractivity contribution in [1.29, 1.82) is 0 Å². The Labute approximate surface area is 121 Å². The molecule has 1 N–H and O–H groups in total. The van der Waals surface area contributed by atoms with Crippen molar-refractivity contribution >= 4 is 16.0 Å². The minimum absolute atomic E-state index is 0.195. The molecular weight excluding hydrogens is 276 g/mol. The summed E-state index contributed by atoms with van der Waals surface area (Å²) in [6.45, 7) is 0. The second kappa shape index (κ2) is 5.92. The van der Waals surface area contributed by atoms with Crippen molar-refractivity contribution in [2.75, 3.05) is 0 Å². The van der Waals surface area contributed by atoms with E-state index in [1.165, 1.54) is 25.7 Å². The van der Waals surface area contributed by atoms with E-state index in [-0.39, 0.29) is 12.1 Å². The lowest BCUT2D eigenvalue weighted by atomic mass is 9.97. The number of hydrogen-bond acceptors (Lipinski definition) is 4. The molecule has 2 aliphatic carbocycles. The first kappa shape index (κ1) is 14.2. The molecule has 2 fully saturated rings. The number of rotatable bonds is 1. The first-order valence-electron chi connectivity index (χ1n) is 7.92. The van der Waals surface area contributed by atoms with E-state index >= 15 is 0 Å². The van der Waals surface area contributed by atoms with E-state index in [1.807, 2.05) is 0 Å². The van der Waals surface area contributed by atoms with Crippen molar-refractivity contribution < 1.29 is 13.2 Å². The molecule has 1 heterocycles. The van der Waals surface area contributed by atoms with Crippen LogP contribution in [0.4, 0.5) is 0 Å². The minimum atomic E-state index is -3.39. The van der Waals surface area contributed by atoms with Gasteiger partial charge in [-0.2, -0.15) is 0 Å². The summed E-state index contributed by atoms with van der Waals surface area (Å²) in [6, 6.07) is 0.562. The van der Waals surface area contributed by atoms with E-state index < -0.39 is 15.3 Å². The third-order valence-corrected chi connectivity index (χ3v) is 6.41. The summed E-state index contributed by atoms with van der Waals surface area (Å²) >= 11 is 0. The maximum atomic E-state index is 12.2. The van der Waals surface area contributed by atoms with Gasteiger partial charge in [0, 0.05) is 6.04 Å². The molecule has 114 valence electrons. The predicted octanol–water partition coefficient (Wildman–Crippen LogP) is 2.33. The van der Waals surface area contributed by atoms with E-state index in [9.17, 15) is 8.42 Å². The van der Waals surface area contributed by atoms with Crippen molar-refractivity contribution in [3.8, 4) is 0 Å². The van der Waals surface area contributed by atoms with E-state index in [1.54, 1.807) is 0 Å². The van der Waals surface area contributed by atoms with Crippen LogP contribution in [0, 0.1) is 0 Å². The Kier molecular flexibility index (Phi) is 4.19. The van der Waals surface area contributed by atoms with Crippen molar-refractivity contribution in [2.24, 2.45) is 4.40 Å². The van der Waals surface area contributed by atoms with Crippen LogP contribution in [-0.4, -0.2) is 31.8 Å². The lowest BCUT2D eigenvalue weighted by Crippen LogP contribution is -2.48. The molecule has 0 spiro atoms. The molecule has 0 unspecified atom stereocenters. The third kappa shape index (κ3) is 3.10. The fourth-order valence-corrected chi connectivity index (χ4v) is 5.05. The lowest BCUT2D eigenvalue weighted by molar-refractivity contribution is 0.131.